The molecule has 7 nitrogen and oxygen atoms in total. The monoisotopic (exact) mass is 260 g/mol. The van der Waals surface area contributed by atoms with E-state index >= 15 is 0 Å². The zero-order valence-electron chi connectivity index (χ0n) is 10.8. The molecule has 0 aliphatic rings. The quantitative estimate of drug-likeness (QED) is 0.617. The average Bonchev–Trinajstić information content (AvgIpc) is 2.29. The van der Waals surface area contributed by atoms with E-state index in [4.69, 9.17) is 9.84 Å². The van der Waals surface area contributed by atoms with Crippen LogP contribution in [0.25, 0.3) is 0 Å². The summed E-state index contributed by atoms with van der Waals surface area (Å²) in [5, 5.41) is 11.1. The van der Waals surface area contributed by atoms with Crippen molar-refractivity contribution < 1.29 is 24.2 Å². The van der Waals surface area contributed by atoms with Crippen LogP contribution in [-0.4, -0.2) is 54.2 Å². The van der Waals surface area contributed by atoms with E-state index in [0.717, 1.165) is 0 Å². The molecule has 0 unspecified atom stereocenters. The number of ether oxygens (including phenoxy) is 1. The highest BCUT2D eigenvalue weighted by Gasteiger charge is 2.12. The van der Waals surface area contributed by atoms with Crippen LogP contribution in [-0.2, 0) is 14.3 Å². The highest BCUT2D eigenvalue weighted by Crippen LogP contribution is 1.93. The van der Waals surface area contributed by atoms with Crippen molar-refractivity contribution in [2.45, 2.75) is 26.7 Å². The molecular formula is C11H20N2O5. The lowest BCUT2D eigenvalue weighted by molar-refractivity contribution is -0.143. The van der Waals surface area contributed by atoms with Crippen molar-refractivity contribution in [2.75, 3.05) is 26.2 Å². The fourth-order valence-corrected chi connectivity index (χ4v) is 1.25. The van der Waals surface area contributed by atoms with E-state index in [9.17, 15) is 14.4 Å². The van der Waals surface area contributed by atoms with Crippen LogP contribution in [0.2, 0.25) is 0 Å². The number of hydrogen-bond acceptors (Lipinski definition) is 4. The van der Waals surface area contributed by atoms with Gasteiger partial charge < -0.3 is 20.1 Å². The van der Waals surface area contributed by atoms with Crippen LogP contribution < -0.4 is 5.32 Å². The zero-order valence-corrected chi connectivity index (χ0v) is 10.8. The molecule has 0 rings (SSSR count). The largest absolute Gasteiger partial charge is 0.481 e. The summed E-state index contributed by atoms with van der Waals surface area (Å²) < 4.78 is 4.71. The van der Waals surface area contributed by atoms with Crippen molar-refractivity contribution in [2.24, 2.45) is 0 Å². The third-order valence-electron chi connectivity index (χ3n) is 2.18. The molecule has 0 bridgehead atoms. The summed E-state index contributed by atoms with van der Waals surface area (Å²) in [6.07, 6.45) is 0.00913. The second kappa shape index (κ2) is 9.26. The molecule has 0 fully saturated rings. The van der Waals surface area contributed by atoms with Gasteiger partial charge in [-0.3, -0.25) is 9.59 Å². The second-order valence-corrected chi connectivity index (χ2v) is 3.51. The molecule has 7 heteroatoms. The standard InChI is InChI=1S/C11H20N2O5/c1-3-13(8-6-9(14)15)11(17)12-7-5-10(16)18-4-2/h3-8H2,1-2H3,(H,12,17)(H,14,15). The van der Waals surface area contributed by atoms with Crippen LogP contribution in [0.3, 0.4) is 0 Å². The van der Waals surface area contributed by atoms with Crippen LogP contribution in [0.4, 0.5) is 4.79 Å². The van der Waals surface area contributed by atoms with Gasteiger partial charge in [-0.05, 0) is 13.8 Å². The molecule has 0 aromatic rings. The van der Waals surface area contributed by atoms with E-state index < -0.39 is 5.97 Å². The van der Waals surface area contributed by atoms with Gasteiger partial charge in [0.05, 0.1) is 19.4 Å². The Hall–Kier alpha value is -1.79. The molecule has 18 heavy (non-hydrogen) atoms. The molecular weight excluding hydrogens is 240 g/mol. The van der Waals surface area contributed by atoms with Crippen LogP contribution in [0.1, 0.15) is 26.7 Å². The number of carboxylic acids is 1. The fraction of sp³-hybridized carbons (Fsp3) is 0.727. The van der Waals surface area contributed by atoms with E-state index in [1.54, 1.807) is 13.8 Å². The zero-order chi connectivity index (χ0) is 14.0. The smallest absolute Gasteiger partial charge is 0.317 e. The lowest BCUT2D eigenvalue weighted by Gasteiger charge is -2.20. The summed E-state index contributed by atoms with van der Waals surface area (Å²) in [5.74, 6) is -1.32. The van der Waals surface area contributed by atoms with Gasteiger partial charge in [0, 0.05) is 19.6 Å². The molecule has 2 amide bonds. The van der Waals surface area contributed by atoms with Gasteiger partial charge in [0.25, 0.3) is 0 Å². The molecule has 2 N–H and O–H groups in total. The van der Waals surface area contributed by atoms with Gasteiger partial charge in [0.1, 0.15) is 0 Å². The predicted octanol–water partition coefficient (Wildman–Crippen LogP) is 0.446. The number of carboxylic acid groups (broad SMARTS) is 1. The molecule has 0 aliphatic heterocycles. The second-order valence-electron chi connectivity index (χ2n) is 3.51. The van der Waals surface area contributed by atoms with E-state index in [2.05, 4.69) is 5.32 Å². The van der Waals surface area contributed by atoms with Gasteiger partial charge >= 0.3 is 18.0 Å². The third-order valence-corrected chi connectivity index (χ3v) is 2.18. The Labute approximate surface area is 106 Å². The molecule has 0 atom stereocenters. The minimum atomic E-state index is -0.951. The van der Waals surface area contributed by atoms with Crippen LogP contribution >= 0.6 is 0 Å². The molecule has 0 aromatic carbocycles. The maximum atomic E-state index is 11.6. The summed E-state index contributed by atoms with van der Waals surface area (Å²) in [6, 6.07) is -0.372. The van der Waals surface area contributed by atoms with Gasteiger partial charge in [-0.25, -0.2) is 4.79 Å². The fourth-order valence-electron chi connectivity index (χ4n) is 1.25. The van der Waals surface area contributed by atoms with Crippen molar-refractivity contribution in [1.29, 1.82) is 0 Å². The first-order chi connectivity index (χ1) is 8.51. The molecule has 0 aromatic heterocycles. The van der Waals surface area contributed by atoms with Gasteiger partial charge in [-0.1, -0.05) is 0 Å². The SMILES string of the molecule is CCOC(=O)CCNC(=O)N(CC)CCC(=O)O. The summed E-state index contributed by atoms with van der Waals surface area (Å²) in [7, 11) is 0. The minimum Gasteiger partial charge on any atom is -0.481 e. The van der Waals surface area contributed by atoms with E-state index in [0.29, 0.717) is 13.2 Å². The molecule has 0 saturated heterocycles. The molecule has 0 spiro atoms. The Balaban J connectivity index is 3.90. The number of aliphatic carboxylic acids is 1. The number of nitrogens with one attached hydrogen (secondary N) is 1. The molecule has 0 radical (unpaired) electrons. The Morgan fingerprint density at radius 1 is 1.22 bits per heavy atom. The number of carbonyl (C=O) groups excluding carboxylic acids is 2. The van der Waals surface area contributed by atoms with Crippen molar-refractivity contribution in [3.8, 4) is 0 Å². The Bertz CT molecular complexity index is 293. The summed E-state index contributed by atoms with van der Waals surface area (Å²) in [5.41, 5.74) is 0. The van der Waals surface area contributed by atoms with Gasteiger partial charge in [-0.15, -0.1) is 0 Å². The number of rotatable bonds is 8. The molecule has 0 aliphatic carbocycles. The van der Waals surface area contributed by atoms with Crippen molar-refractivity contribution in [3.63, 3.8) is 0 Å². The Morgan fingerprint density at radius 2 is 1.89 bits per heavy atom. The highest BCUT2D eigenvalue weighted by molar-refractivity contribution is 5.76. The molecule has 0 heterocycles. The number of amides is 2. The Kier molecular flexibility index (Phi) is 8.34. The summed E-state index contributed by atoms with van der Waals surface area (Å²) >= 11 is 0. The minimum absolute atomic E-state index is 0.0981. The molecule has 0 saturated carbocycles. The number of hydrogen-bond donors (Lipinski definition) is 2. The van der Waals surface area contributed by atoms with E-state index in [1.807, 2.05) is 0 Å². The number of nitrogens with zero attached hydrogens (tertiary/aromatic N) is 1. The normalized spacial score (nSPS) is 9.67. The van der Waals surface area contributed by atoms with Gasteiger partial charge in [0.15, 0.2) is 0 Å². The summed E-state index contributed by atoms with van der Waals surface area (Å²) in [6.45, 7) is 4.53. The van der Waals surface area contributed by atoms with E-state index in [1.165, 1.54) is 4.90 Å². The van der Waals surface area contributed by atoms with Crippen LogP contribution in [0.15, 0.2) is 0 Å². The highest BCUT2D eigenvalue weighted by atomic mass is 16.5. The van der Waals surface area contributed by atoms with Crippen molar-refractivity contribution in [3.05, 3.63) is 0 Å². The summed E-state index contributed by atoms with van der Waals surface area (Å²) in [4.78, 5) is 34.4. The van der Waals surface area contributed by atoms with Gasteiger partial charge in [-0.2, -0.15) is 0 Å². The predicted molar refractivity (Wildman–Crippen MR) is 64.1 cm³/mol. The first-order valence-electron chi connectivity index (χ1n) is 5.91. The van der Waals surface area contributed by atoms with Crippen molar-refractivity contribution >= 4 is 18.0 Å². The van der Waals surface area contributed by atoms with E-state index in [-0.39, 0.29) is 37.9 Å². The maximum Gasteiger partial charge on any atom is 0.317 e. The van der Waals surface area contributed by atoms with Crippen LogP contribution in [0, 0.1) is 0 Å². The third kappa shape index (κ3) is 7.48. The topological polar surface area (TPSA) is 95.9 Å². The lowest BCUT2D eigenvalue weighted by Crippen LogP contribution is -2.41. The lowest BCUT2D eigenvalue weighted by atomic mass is 10.4. The first-order valence-corrected chi connectivity index (χ1v) is 5.91. The maximum absolute atomic E-state index is 11.6. The molecule has 104 valence electrons. The number of carbonyl (C=O) groups is 3. The number of esters is 1. The number of urea groups is 1. The van der Waals surface area contributed by atoms with Gasteiger partial charge in [0.2, 0.25) is 0 Å². The first kappa shape index (κ1) is 16.2. The van der Waals surface area contributed by atoms with Crippen molar-refractivity contribution in [1.82, 2.24) is 10.2 Å². The Morgan fingerprint density at radius 3 is 2.39 bits per heavy atom. The average molecular weight is 260 g/mol. The van der Waals surface area contributed by atoms with Crippen LogP contribution in [0.5, 0.6) is 0 Å².